The molecule has 1 aliphatic heterocycles. The minimum atomic E-state index is -0.200. The fourth-order valence-electron chi connectivity index (χ4n) is 1.97. The molecule has 4 heteroatoms. The van der Waals surface area contributed by atoms with Gasteiger partial charge in [0.1, 0.15) is 0 Å². The summed E-state index contributed by atoms with van der Waals surface area (Å²) < 4.78 is 0. The number of amides is 2. The lowest BCUT2D eigenvalue weighted by molar-refractivity contribution is -0.136. The summed E-state index contributed by atoms with van der Waals surface area (Å²) in [6.07, 6.45) is 2.11. The Labute approximate surface area is 94.1 Å². The predicted molar refractivity (Wildman–Crippen MR) is 58.6 cm³/mol. The van der Waals surface area contributed by atoms with Gasteiger partial charge in [-0.3, -0.25) is 19.9 Å². The Balaban J connectivity index is 2.28. The van der Waals surface area contributed by atoms with Crippen molar-refractivity contribution in [3.05, 3.63) is 29.6 Å². The van der Waals surface area contributed by atoms with E-state index in [0.717, 1.165) is 11.3 Å². The smallest absolute Gasteiger partial charge is 0.230 e. The topological polar surface area (TPSA) is 59.1 Å². The largest absolute Gasteiger partial charge is 0.296 e. The molecule has 2 unspecified atom stereocenters. The summed E-state index contributed by atoms with van der Waals surface area (Å²) in [5, 5.41) is 2.34. The monoisotopic (exact) mass is 218 g/mol. The normalized spacial score (nSPS) is 25.4. The van der Waals surface area contributed by atoms with Gasteiger partial charge in [-0.15, -0.1) is 0 Å². The van der Waals surface area contributed by atoms with Gasteiger partial charge in [0, 0.05) is 30.1 Å². The molecule has 1 aromatic rings. The van der Waals surface area contributed by atoms with Crippen molar-refractivity contribution in [2.24, 2.45) is 5.92 Å². The molecule has 1 aliphatic rings. The molecule has 1 saturated heterocycles. The summed E-state index contributed by atoms with van der Waals surface area (Å²) in [4.78, 5) is 27.0. The van der Waals surface area contributed by atoms with E-state index in [1.54, 1.807) is 6.20 Å². The van der Waals surface area contributed by atoms with E-state index in [4.69, 9.17) is 0 Å². The van der Waals surface area contributed by atoms with E-state index >= 15 is 0 Å². The van der Waals surface area contributed by atoms with Crippen LogP contribution < -0.4 is 5.32 Å². The lowest BCUT2D eigenvalue weighted by atomic mass is 9.82. The standard InChI is InChI=1S/C12H14N2O2/c1-7-3-4-9(6-13-7)10-5-11(15)14-12(16)8(10)2/h3-4,6,8,10H,5H2,1-2H3,(H,14,15,16). The molecule has 0 radical (unpaired) electrons. The molecule has 0 bridgehead atoms. The fourth-order valence-corrected chi connectivity index (χ4v) is 1.97. The van der Waals surface area contributed by atoms with Crippen molar-refractivity contribution < 1.29 is 9.59 Å². The number of nitrogens with one attached hydrogen (secondary N) is 1. The molecule has 0 spiro atoms. The number of aryl methyl sites for hydroxylation is 1. The number of nitrogens with zero attached hydrogens (tertiary/aromatic N) is 1. The summed E-state index contributed by atoms with van der Waals surface area (Å²) in [5.41, 5.74) is 1.89. The molecule has 1 N–H and O–H groups in total. The number of hydrogen-bond acceptors (Lipinski definition) is 3. The Hall–Kier alpha value is -1.71. The summed E-state index contributed by atoms with van der Waals surface area (Å²) in [5.74, 6) is -0.618. The van der Waals surface area contributed by atoms with Crippen LogP contribution in [-0.4, -0.2) is 16.8 Å². The third-order valence-corrected chi connectivity index (χ3v) is 3.05. The molecular formula is C12H14N2O2. The van der Waals surface area contributed by atoms with Gasteiger partial charge in [-0.05, 0) is 18.6 Å². The van der Waals surface area contributed by atoms with E-state index < -0.39 is 0 Å². The lowest BCUT2D eigenvalue weighted by Crippen LogP contribution is -2.43. The van der Waals surface area contributed by atoms with Crippen LogP contribution in [0.1, 0.15) is 30.5 Å². The van der Waals surface area contributed by atoms with Crippen molar-refractivity contribution in [3.8, 4) is 0 Å². The fraction of sp³-hybridized carbons (Fsp3) is 0.417. The Kier molecular flexibility index (Phi) is 2.73. The maximum atomic E-state index is 11.5. The van der Waals surface area contributed by atoms with Crippen LogP contribution in [0.4, 0.5) is 0 Å². The molecule has 2 heterocycles. The van der Waals surface area contributed by atoms with Crippen molar-refractivity contribution >= 4 is 11.8 Å². The number of pyridine rings is 1. The van der Waals surface area contributed by atoms with Gasteiger partial charge < -0.3 is 0 Å². The summed E-state index contributed by atoms with van der Waals surface area (Å²) in [7, 11) is 0. The van der Waals surface area contributed by atoms with Crippen molar-refractivity contribution in [2.45, 2.75) is 26.2 Å². The van der Waals surface area contributed by atoms with Crippen molar-refractivity contribution in [1.29, 1.82) is 0 Å². The van der Waals surface area contributed by atoms with Gasteiger partial charge in [-0.2, -0.15) is 0 Å². The molecule has 2 rings (SSSR count). The van der Waals surface area contributed by atoms with Gasteiger partial charge in [0.25, 0.3) is 0 Å². The number of hydrogen-bond donors (Lipinski definition) is 1. The van der Waals surface area contributed by atoms with Crippen LogP contribution in [0.25, 0.3) is 0 Å². The van der Waals surface area contributed by atoms with Crippen LogP contribution in [0.2, 0.25) is 0 Å². The zero-order valence-corrected chi connectivity index (χ0v) is 9.36. The molecule has 2 amide bonds. The number of carbonyl (C=O) groups is 2. The maximum absolute atomic E-state index is 11.5. The summed E-state index contributed by atoms with van der Waals surface area (Å²) in [6, 6.07) is 3.84. The molecule has 16 heavy (non-hydrogen) atoms. The Morgan fingerprint density at radius 3 is 2.75 bits per heavy atom. The van der Waals surface area contributed by atoms with Crippen molar-refractivity contribution in [1.82, 2.24) is 10.3 Å². The van der Waals surface area contributed by atoms with Crippen LogP contribution in [0.15, 0.2) is 18.3 Å². The van der Waals surface area contributed by atoms with Crippen LogP contribution >= 0.6 is 0 Å². The van der Waals surface area contributed by atoms with Crippen LogP contribution in [0, 0.1) is 12.8 Å². The molecular weight excluding hydrogens is 204 g/mol. The van der Waals surface area contributed by atoms with E-state index in [9.17, 15) is 9.59 Å². The number of rotatable bonds is 1. The van der Waals surface area contributed by atoms with Gasteiger partial charge in [-0.1, -0.05) is 13.0 Å². The lowest BCUT2D eigenvalue weighted by Gasteiger charge is -2.27. The molecule has 0 aliphatic carbocycles. The number of imide groups is 1. The zero-order chi connectivity index (χ0) is 11.7. The van der Waals surface area contributed by atoms with Crippen LogP contribution in [0.5, 0.6) is 0 Å². The highest BCUT2D eigenvalue weighted by Gasteiger charge is 2.33. The second kappa shape index (κ2) is 4.04. The van der Waals surface area contributed by atoms with E-state index in [1.165, 1.54) is 0 Å². The van der Waals surface area contributed by atoms with E-state index in [2.05, 4.69) is 10.3 Å². The average molecular weight is 218 g/mol. The summed E-state index contributed by atoms with van der Waals surface area (Å²) in [6.45, 7) is 3.75. The highest BCUT2D eigenvalue weighted by molar-refractivity contribution is 5.99. The van der Waals surface area contributed by atoms with Crippen LogP contribution in [0.3, 0.4) is 0 Å². The zero-order valence-electron chi connectivity index (χ0n) is 9.36. The van der Waals surface area contributed by atoms with Crippen molar-refractivity contribution in [3.63, 3.8) is 0 Å². The second-order valence-electron chi connectivity index (χ2n) is 4.24. The molecule has 1 aromatic heterocycles. The first-order valence-corrected chi connectivity index (χ1v) is 5.34. The van der Waals surface area contributed by atoms with E-state index in [-0.39, 0.29) is 23.7 Å². The molecule has 1 fully saturated rings. The molecule has 84 valence electrons. The SMILES string of the molecule is Cc1ccc(C2CC(=O)NC(=O)C2C)cn1. The predicted octanol–water partition coefficient (Wildman–Crippen LogP) is 1.16. The van der Waals surface area contributed by atoms with Crippen molar-refractivity contribution in [2.75, 3.05) is 0 Å². The number of aromatic nitrogens is 1. The van der Waals surface area contributed by atoms with Gasteiger partial charge in [0.05, 0.1) is 0 Å². The summed E-state index contributed by atoms with van der Waals surface area (Å²) >= 11 is 0. The molecule has 0 aromatic carbocycles. The molecule has 2 atom stereocenters. The first-order valence-electron chi connectivity index (χ1n) is 5.34. The van der Waals surface area contributed by atoms with Gasteiger partial charge in [0.15, 0.2) is 0 Å². The maximum Gasteiger partial charge on any atom is 0.230 e. The Morgan fingerprint density at radius 1 is 1.38 bits per heavy atom. The van der Waals surface area contributed by atoms with Crippen LogP contribution in [-0.2, 0) is 9.59 Å². The molecule has 4 nitrogen and oxygen atoms in total. The minimum absolute atomic E-state index is 0.0469. The molecule has 0 saturated carbocycles. The number of piperidine rings is 1. The van der Waals surface area contributed by atoms with E-state index in [1.807, 2.05) is 26.0 Å². The highest BCUT2D eigenvalue weighted by Crippen LogP contribution is 2.30. The average Bonchev–Trinajstić information content (AvgIpc) is 2.25. The third kappa shape index (κ3) is 1.96. The second-order valence-corrected chi connectivity index (χ2v) is 4.24. The first kappa shape index (κ1) is 10.8. The van der Waals surface area contributed by atoms with Gasteiger partial charge in [-0.25, -0.2) is 0 Å². The Morgan fingerprint density at radius 2 is 2.12 bits per heavy atom. The number of carbonyl (C=O) groups excluding carboxylic acids is 2. The quantitative estimate of drug-likeness (QED) is 0.719. The van der Waals surface area contributed by atoms with Gasteiger partial charge >= 0.3 is 0 Å². The first-order chi connectivity index (χ1) is 7.58. The highest BCUT2D eigenvalue weighted by atomic mass is 16.2. The van der Waals surface area contributed by atoms with E-state index in [0.29, 0.717) is 6.42 Å². The van der Waals surface area contributed by atoms with Gasteiger partial charge in [0.2, 0.25) is 11.8 Å². The minimum Gasteiger partial charge on any atom is -0.296 e. The third-order valence-electron chi connectivity index (χ3n) is 3.05. The Bertz CT molecular complexity index is 425.